The van der Waals surface area contributed by atoms with E-state index in [2.05, 4.69) is 16.0 Å². The van der Waals surface area contributed by atoms with Crippen LogP contribution in [0.2, 0.25) is 0 Å². The van der Waals surface area contributed by atoms with Gasteiger partial charge in [0.15, 0.2) is 0 Å². The lowest BCUT2D eigenvalue weighted by molar-refractivity contribution is -0.123. The number of imide groups is 1. The Balaban J connectivity index is 2.24. The summed E-state index contributed by atoms with van der Waals surface area (Å²) in [5.74, 6) is -0.201. The molecule has 11 heavy (non-hydrogen) atoms. The third kappa shape index (κ3) is 0.808. The maximum absolute atomic E-state index is 11.2. The smallest absolute Gasteiger partial charge is 0.322 e. The van der Waals surface area contributed by atoms with Crippen molar-refractivity contribution in [1.29, 1.82) is 0 Å². The van der Waals surface area contributed by atoms with Crippen LogP contribution in [0.25, 0.3) is 0 Å². The van der Waals surface area contributed by atoms with Gasteiger partial charge in [0.1, 0.15) is 5.54 Å². The summed E-state index contributed by atoms with van der Waals surface area (Å²) in [6.07, 6.45) is 0.685. The molecule has 0 aromatic heterocycles. The van der Waals surface area contributed by atoms with E-state index >= 15 is 0 Å². The first-order valence-electron chi connectivity index (χ1n) is 3.57. The summed E-state index contributed by atoms with van der Waals surface area (Å²) in [7, 11) is 0. The van der Waals surface area contributed by atoms with Crippen LogP contribution in [0.15, 0.2) is 0 Å². The Morgan fingerprint density at radius 3 is 2.64 bits per heavy atom. The molecule has 0 radical (unpaired) electrons. The van der Waals surface area contributed by atoms with E-state index in [1.165, 1.54) is 0 Å². The fourth-order valence-corrected chi connectivity index (χ4v) is 1.52. The van der Waals surface area contributed by atoms with E-state index in [4.69, 9.17) is 0 Å². The van der Waals surface area contributed by atoms with Crippen LogP contribution in [0.5, 0.6) is 0 Å². The molecule has 3 amide bonds. The minimum Gasteiger partial charge on any atom is -0.322 e. The van der Waals surface area contributed by atoms with Crippen molar-refractivity contribution in [3.63, 3.8) is 0 Å². The van der Waals surface area contributed by atoms with Gasteiger partial charge in [0.25, 0.3) is 5.91 Å². The van der Waals surface area contributed by atoms with E-state index in [0.29, 0.717) is 13.0 Å². The van der Waals surface area contributed by atoms with E-state index in [0.717, 1.165) is 6.54 Å². The second kappa shape index (κ2) is 1.94. The van der Waals surface area contributed by atoms with Crippen molar-refractivity contribution in [3.05, 3.63) is 0 Å². The highest BCUT2D eigenvalue weighted by atomic mass is 16.2. The number of amides is 3. The Morgan fingerprint density at radius 2 is 2.18 bits per heavy atom. The van der Waals surface area contributed by atoms with Gasteiger partial charge in [0.2, 0.25) is 0 Å². The molecule has 0 aromatic carbocycles. The average Bonchev–Trinajstić information content (AvgIpc) is 2.45. The summed E-state index contributed by atoms with van der Waals surface area (Å²) in [4.78, 5) is 21.9. The van der Waals surface area contributed by atoms with Crippen molar-refractivity contribution in [2.75, 3.05) is 13.1 Å². The van der Waals surface area contributed by atoms with Gasteiger partial charge in [-0.3, -0.25) is 10.1 Å². The first-order valence-corrected chi connectivity index (χ1v) is 3.57. The highest BCUT2D eigenvalue weighted by Crippen LogP contribution is 2.17. The molecular formula is C6H9N3O2. The Hall–Kier alpha value is -1.10. The molecule has 0 aromatic rings. The lowest BCUT2D eigenvalue weighted by atomic mass is 10.00. The zero-order valence-electron chi connectivity index (χ0n) is 5.94. The first-order chi connectivity index (χ1) is 5.23. The Bertz CT molecular complexity index is 220. The number of rotatable bonds is 0. The van der Waals surface area contributed by atoms with Gasteiger partial charge in [0.05, 0.1) is 0 Å². The van der Waals surface area contributed by atoms with E-state index < -0.39 is 5.54 Å². The second-order valence-electron chi connectivity index (χ2n) is 2.92. The largest absolute Gasteiger partial charge is 0.322 e. The summed E-state index contributed by atoms with van der Waals surface area (Å²) < 4.78 is 0. The predicted octanol–water partition coefficient (Wildman–Crippen LogP) is -1.44. The van der Waals surface area contributed by atoms with Crippen LogP contribution in [0, 0.1) is 0 Å². The van der Waals surface area contributed by atoms with Gasteiger partial charge >= 0.3 is 6.03 Å². The lowest BCUT2D eigenvalue weighted by Gasteiger charge is -2.16. The standard InChI is InChI=1S/C6H9N3O2/c10-4-6(1-2-7-3-6)9-5(11)8-4/h7H,1-3H2,(H2,8,9,10,11)/t6-/m1/s1. The van der Waals surface area contributed by atoms with Crippen molar-refractivity contribution < 1.29 is 9.59 Å². The summed E-state index contributed by atoms with van der Waals surface area (Å²) in [5, 5.41) is 7.87. The summed E-state index contributed by atoms with van der Waals surface area (Å²) in [6, 6.07) is -0.376. The fourth-order valence-electron chi connectivity index (χ4n) is 1.52. The maximum atomic E-state index is 11.2. The van der Waals surface area contributed by atoms with Crippen LogP contribution in [-0.4, -0.2) is 30.6 Å². The molecule has 1 spiro atoms. The Morgan fingerprint density at radius 1 is 1.36 bits per heavy atom. The van der Waals surface area contributed by atoms with Crippen LogP contribution < -0.4 is 16.0 Å². The first kappa shape index (κ1) is 6.60. The molecule has 2 heterocycles. The molecule has 1 atom stereocenters. The molecule has 2 rings (SSSR count). The van der Waals surface area contributed by atoms with Gasteiger partial charge < -0.3 is 10.6 Å². The fraction of sp³-hybridized carbons (Fsp3) is 0.667. The normalized spacial score (nSPS) is 36.0. The minimum atomic E-state index is -0.642. The number of carbonyl (C=O) groups is 2. The number of nitrogens with one attached hydrogen (secondary N) is 3. The monoisotopic (exact) mass is 155 g/mol. The molecule has 5 heteroatoms. The van der Waals surface area contributed by atoms with Crippen molar-refractivity contribution in [2.24, 2.45) is 0 Å². The number of hydrogen-bond acceptors (Lipinski definition) is 3. The third-order valence-corrected chi connectivity index (χ3v) is 2.17. The third-order valence-electron chi connectivity index (χ3n) is 2.17. The lowest BCUT2D eigenvalue weighted by Crippen LogP contribution is -2.48. The van der Waals surface area contributed by atoms with Gasteiger partial charge in [-0.1, -0.05) is 0 Å². The van der Waals surface area contributed by atoms with Crippen LogP contribution in [0.4, 0.5) is 4.79 Å². The van der Waals surface area contributed by atoms with Gasteiger partial charge in [-0.15, -0.1) is 0 Å². The molecule has 2 saturated heterocycles. The molecule has 5 nitrogen and oxygen atoms in total. The zero-order valence-corrected chi connectivity index (χ0v) is 5.94. The SMILES string of the molecule is O=C1NC(=O)[C@]2(CCNC2)N1. The Kier molecular flexibility index (Phi) is 1.17. The zero-order chi connectivity index (χ0) is 7.90. The predicted molar refractivity (Wildman–Crippen MR) is 36.9 cm³/mol. The molecule has 2 aliphatic rings. The summed E-state index contributed by atoms with van der Waals surface area (Å²) >= 11 is 0. The molecule has 60 valence electrons. The molecular weight excluding hydrogens is 146 g/mol. The van der Waals surface area contributed by atoms with Crippen molar-refractivity contribution >= 4 is 11.9 Å². The topological polar surface area (TPSA) is 70.2 Å². The number of hydrogen-bond donors (Lipinski definition) is 3. The molecule has 3 N–H and O–H groups in total. The molecule has 0 unspecified atom stereocenters. The van der Waals surface area contributed by atoms with E-state index in [9.17, 15) is 9.59 Å². The quantitative estimate of drug-likeness (QED) is 0.375. The van der Waals surface area contributed by atoms with E-state index in [1.54, 1.807) is 0 Å². The van der Waals surface area contributed by atoms with Gasteiger partial charge in [-0.25, -0.2) is 4.79 Å². The molecule has 2 fully saturated rings. The number of carbonyl (C=O) groups excluding carboxylic acids is 2. The summed E-state index contributed by atoms with van der Waals surface area (Å²) in [5.41, 5.74) is -0.642. The highest BCUT2D eigenvalue weighted by Gasteiger charge is 2.47. The second-order valence-corrected chi connectivity index (χ2v) is 2.92. The van der Waals surface area contributed by atoms with Crippen LogP contribution >= 0.6 is 0 Å². The molecule has 0 saturated carbocycles. The van der Waals surface area contributed by atoms with E-state index in [-0.39, 0.29) is 11.9 Å². The van der Waals surface area contributed by atoms with Crippen molar-refractivity contribution in [1.82, 2.24) is 16.0 Å². The van der Waals surface area contributed by atoms with Gasteiger partial charge in [-0.2, -0.15) is 0 Å². The van der Waals surface area contributed by atoms with E-state index in [1.807, 2.05) is 0 Å². The van der Waals surface area contributed by atoms with Crippen LogP contribution in [-0.2, 0) is 4.79 Å². The molecule has 0 aliphatic carbocycles. The molecule has 0 bridgehead atoms. The van der Waals surface area contributed by atoms with Gasteiger partial charge in [0, 0.05) is 6.54 Å². The highest BCUT2D eigenvalue weighted by molar-refractivity contribution is 6.07. The van der Waals surface area contributed by atoms with Crippen LogP contribution in [0.1, 0.15) is 6.42 Å². The minimum absolute atomic E-state index is 0.201. The van der Waals surface area contributed by atoms with Crippen molar-refractivity contribution in [3.8, 4) is 0 Å². The van der Waals surface area contributed by atoms with Gasteiger partial charge in [-0.05, 0) is 13.0 Å². The Labute approximate surface area is 63.5 Å². The van der Waals surface area contributed by atoms with Crippen LogP contribution in [0.3, 0.4) is 0 Å². The maximum Gasteiger partial charge on any atom is 0.322 e. The molecule has 2 aliphatic heterocycles. The average molecular weight is 155 g/mol. The summed E-state index contributed by atoms with van der Waals surface area (Å²) in [6.45, 7) is 1.33. The van der Waals surface area contributed by atoms with Crippen molar-refractivity contribution in [2.45, 2.75) is 12.0 Å². The number of urea groups is 1.